The van der Waals surface area contributed by atoms with Crippen molar-refractivity contribution in [3.63, 3.8) is 0 Å². The molecule has 0 bridgehead atoms. The molecule has 0 saturated heterocycles. The van der Waals surface area contributed by atoms with Gasteiger partial charge in [-0.15, -0.1) is 11.8 Å². The fourth-order valence-electron chi connectivity index (χ4n) is 2.60. The summed E-state index contributed by atoms with van der Waals surface area (Å²) in [5.74, 6) is 1.96. The van der Waals surface area contributed by atoms with Crippen LogP contribution in [0.25, 0.3) is 10.9 Å². The summed E-state index contributed by atoms with van der Waals surface area (Å²) in [6.07, 6.45) is 0. The summed E-state index contributed by atoms with van der Waals surface area (Å²) in [4.78, 5) is 8.00. The highest BCUT2D eigenvalue weighted by molar-refractivity contribution is 8.14. The number of thioether (sulfide) groups is 1. The van der Waals surface area contributed by atoms with Crippen LogP contribution in [0.15, 0.2) is 59.6 Å². The summed E-state index contributed by atoms with van der Waals surface area (Å²) >= 11 is 1.80. The topological polar surface area (TPSA) is 37.4 Å². The molecule has 3 nitrogen and oxygen atoms in total. The lowest BCUT2D eigenvalue weighted by Crippen LogP contribution is -1.96. The Morgan fingerprint density at radius 3 is 2.82 bits per heavy atom. The molecule has 0 fully saturated rings. The number of nitrogens with one attached hydrogen (secondary N) is 1. The van der Waals surface area contributed by atoms with Crippen LogP contribution in [0.1, 0.15) is 11.3 Å². The van der Waals surface area contributed by atoms with Gasteiger partial charge in [0.1, 0.15) is 17.4 Å². The average molecular weight is 308 g/mol. The second-order valence-electron chi connectivity index (χ2n) is 5.21. The molecule has 0 aliphatic carbocycles. The zero-order chi connectivity index (χ0) is 14.8. The van der Waals surface area contributed by atoms with Gasteiger partial charge in [-0.3, -0.25) is 4.99 Å². The maximum absolute atomic E-state index is 6.00. The number of ether oxygens (including phenoxy) is 1. The van der Waals surface area contributed by atoms with Crippen LogP contribution in [-0.2, 0) is 6.61 Å². The van der Waals surface area contributed by atoms with Crippen LogP contribution < -0.4 is 4.74 Å². The first-order valence-corrected chi connectivity index (χ1v) is 8.35. The van der Waals surface area contributed by atoms with Crippen molar-refractivity contribution in [3.8, 4) is 5.75 Å². The normalized spacial score (nSPS) is 14.3. The number of nitrogens with zero attached hydrogens (tertiary/aromatic N) is 1. The Bertz CT molecular complexity index is 823. The molecule has 22 heavy (non-hydrogen) atoms. The molecule has 2 aromatic carbocycles. The molecule has 1 aliphatic heterocycles. The molecule has 1 aliphatic rings. The lowest BCUT2D eigenvalue weighted by atomic mass is 10.2. The van der Waals surface area contributed by atoms with Gasteiger partial charge in [0.05, 0.1) is 11.2 Å². The molecule has 0 spiro atoms. The average Bonchev–Trinajstić information content (AvgIpc) is 3.22. The van der Waals surface area contributed by atoms with Gasteiger partial charge in [-0.25, -0.2) is 0 Å². The van der Waals surface area contributed by atoms with E-state index < -0.39 is 0 Å². The van der Waals surface area contributed by atoms with Crippen molar-refractivity contribution in [2.24, 2.45) is 4.99 Å². The first-order valence-electron chi connectivity index (χ1n) is 7.36. The molecule has 0 atom stereocenters. The minimum atomic E-state index is 0.573. The van der Waals surface area contributed by atoms with Crippen LogP contribution in [0.2, 0.25) is 0 Å². The van der Waals surface area contributed by atoms with Crippen molar-refractivity contribution < 1.29 is 4.74 Å². The largest absolute Gasteiger partial charge is 0.487 e. The van der Waals surface area contributed by atoms with Crippen LogP contribution in [0.3, 0.4) is 0 Å². The molecular weight excluding hydrogens is 292 g/mol. The van der Waals surface area contributed by atoms with E-state index in [1.807, 2.05) is 30.3 Å². The maximum atomic E-state index is 6.00. The van der Waals surface area contributed by atoms with Gasteiger partial charge in [-0.05, 0) is 17.7 Å². The van der Waals surface area contributed by atoms with E-state index in [2.05, 4.69) is 34.2 Å². The number of hydrogen-bond donors (Lipinski definition) is 1. The van der Waals surface area contributed by atoms with Gasteiger partial charge < -0.3 is 9.72 Å². The Kier molecular flexibility index (Phi) is 3.60. The fraction of sp³-hybridized carbons (Fsp3) is 0.167. The van der Waals surface area contributed by atoms with Crippen LogP contribution in [0.5, 0.6) is 5.75 Å². The summed E-state index contributed by atoms with van der Waals surface area (Å²) in [5.41, 5.74) is 3.30. The van der Waals surface area contributed by atoms with Crippen molar-refractivity contribution >= 4 is 27.7 Å². The standard InChI is InChI=1S/C18H16N2OS/c1-2-5-13(6-3-1)12-21-16-8-4-7-14-11-15(20-17(14)16)18-19-9-10-22-18/h1-8,11,20H,9-10,12H2. The van der Waals surface area contributed by atoms with E-state index in [-0.39, 0.29) is 0 Å². The van der Waals surface area contributed by atoms with E-state index in [1.54, 1.807) is 11.8 Å². The van der Waals surface area contributed by atoms with E-state index in [9.17, 15) is 0 Å². The van der Waals surface area contributed by atoms with Crippen LogP contribution in [0.4, 0.5) is 0 Å². The highest BCUT2D eigenvalue weighted by atomic mass is 32.2. The Balaban J connectivity index is 1.63. The van der Waals surface area contributed by atoms with Crippen LogP contribution in [0, 0.1) is 0 Å². The molecule has 0 unspecified atom stereocenters. The second-order valence-corrected chi connectivity index (χ2v) is 6.30. The molecule has 4 rings (SSSR count). The molecule has 4 heteroatoms. The highest BCUT2D eigenvalue weighted by Crippen LogP contribution is 2.29. The molecule has 0 radical (unpaired) electrons. The number of H-pyrrole nitrogens is 1. The highest BCUT2D eigenvalue weighted by Gasteiger charge is 2.14. The summed E-state index contributed by atoms with van der Waals surface area (Å²) in [5, 5.41) is 2.26. The predicted molar refractivity (Wildman–Crippen MR) is 92.9 cm³/mol. The van der Waals surface area contributed by atoms with E-state index in [0.717, 1.165) is 39.7 Å². The van der Waals surface area contributed by atoms with E-state index >= 15 is 0 Å². The van der Waals surface area contributed by atoms with Crippen molar-refractivity contribution in [1.29, 1.82) is 0 Å². The SMILES string of the molecule is c1ccc(COc2cccc3cc(C4=NCCS4)[nH]c23)cc1. The van der Waals surface area contributed by atoms with Crippen molar-refractivity contribution in [3.05, 3.63) is 65.9 Å². The first kappa shape index (κ1) is 13.5. The van der Waals surface area contributed by atoms with Gasteiger partial charge >= 0.3 is 0 Å². The third-order valence-electron chi connectivity index (χ3n) is 3.67. The van der Waals surface area contributed by atoms with Crippen molar-refractivity contribution in [2.45, 2.75) is 6.61 Å². The first-order chi connectivity index (χ1) is 10.9. The lowest BCUT2D eigenvalue weighted by molar-refractivity contribution is 0.309. The van der Waals surface area contributed by atoms with Gasteiger partial charge in [-0.1, -0.05) is 42.5 Å². The predicted octanol–water partition coefficient (Wildman–Crippen LogP) is 4.24. The molecule has 0 saturated carbocycles. The minimum absolute atomic E-state index is 0.573. The lowest BCUT2D eigenvalue weighted by Gasteiger charge is -2.07. The number of aromatic nitrogens is 1. The smallest absolute Gasteiger partial charge is 0.143 e. The van der Waals surface area contributed by atoms with Gasteiger partial charge in [0.15, 0.2) is 0 Å². The number of fused-ring (bicyclic) bond motifs is 1. The molecule has 110 valence electrons. The summed E-state index contributed by atoms with van der Waals surface area (Å²) in [7, 11) is 0. The third kappa shape index (κ3) is 2.62. The molecule has 3 aromatic rings. The van der Waals surface area contributed by atoms with E-state index in [0.29, 0.717) is 6.61 Å². The number of benzene rings is 2. The fourth-order valence-corrected chi connectivity index (χ4v) is 3.42. The van der Waals surface area contributed by atoms with Gasteiger partial charge in [0.25, 0.3) is 0 Å². The van der Waals surface area contributed by atoms with Gasteiger partial charge in [0.2, 0.25) is 0 Å². The minimum Gasteiger partial charge on any atom is -0.487 e. The second kappa shape index (κ2) is 5.89. The van der Waals surface area contributed by atoms with Gasteiger partial charge in [0, 0.05) is 17.7 Å². The van der Waals surface area contributed by atoms with Crippen LogP contribution in [-0.4, -0.2) is 22.3 Å². The molecule has 0 amide bonds. The Hall–Kier alpha value is -2.20. The van der Waals surface area contributed by atoms with Crippen molar-refractivity contribution in [2.75, 3.05) is 12.3 Å². The number of rotatable bonds is 4. The third-order valence-corrected chi connectivity index (χ3v) is 4.68. The Labute approximate surface area is 133 Å². The Morgan fingerprint density at radius 1 is 1.09 bits per heavy atom. The zero-order valence-electron chi connectivity index (χ0n) is 12.1. The summed E-state index contributed by atoms with van der Waals surface area (Å²) in [6, 6.07) is 18.5. The monoisotopic (exact) mass is 308 g/mol. The number of aromatic amines is 1. The zero-order valence-corrected chi connectivity index (χ0v) is 12.9. The Morgan fingerprint density at radius 2 is 2.00 bits per heavy atom. The molecule has 1 N–H and O–H groups in total. The molecular formula is C18H16N2OS. The molecule has 1 aromatic heterocycles. The number of aliphatic imine (C=N–C) groups is 1. The quantitative estimate of drug-likeness (QED) is 0.782. The van der Waals surface area contributed by atoms with Gasteiger partial charge in [-0.2, -0.15) is 0 Å². The number of hydrogen-bond acceptors (Lipinski definition) is 3. The summed E-state index contributed by atoms with van der Waals surface area (Å²) in [6.45, 7) is 1.48. The van der Waals surface area contributed by atoms with E-state index in [4.69, 9.17) is 4.74 Å². The van der Waals surface area contributed by atoms with Crippen LogP contribution >= 0.6 is 11.8 Å². The van der Waals surface area contributed by atoms with Crippen molar-refractivity contribution in [1.82, 2.24) is 4.98 Å². The van der Waals surface area contributed by atoms with E-state index in [1.165, 1.54) is 5.56 Å². The summed E-state index contributed by atoms with van der Waals surface area (Å²) < 4.78 is 6.00. The molecule has 2 heterocycles. The maximum Gasteiger partial charge on any atom is 0.143 e. The number of para-hydroxylation sites is 1.